The maximum atomic E-state index is 12.5. The predicted octanol–water partition coefficient (Wildman–Crippen LogP) is 3.22. The number of carbonyl (C=O) groups excluding carboxylic acids is 2. The highest BCUT2D eigenvalue weighted by atomic mass is 79.9. The fourth-order valence-electron chi connectivity index (χ4n) is 2.81. The summed E-state index contributed by atoms with van der Waals surface area (Å²) in [6.07, 6.45) is 0.777. The molecule has 2 amide bonds. The van der Waals surface area contributed by atoms with Crippen LogP contribution in [0.2, 0.25) is 0 Å². The largest absolute Gasteiger partial charge is 0.354 e. The molecule has 0 radical (unpaired) electrons. The van der Waals surface area contributed by atoms with Crippen LogP contribution in [-0.4, -0.2) is 34.2 Å². The summed E-state index contributed by atoms with van der Waals surface area (Å²) in [5, 5.41) is 10.2. The second kappa shape index (κ2) is 9.69. The van der Waals surface area contributed by atoms with Crippen LogP contribution in [0.25, 0.3) is 0 Å². The summed E-state index contributed by atoms with van der Waals surface area (Å²) in [6.45, 7) is 9.10. The van der Waals surface area contributed by atoms with Gasteiger partial charge in [0, 0.05) is 28.8 Å². The predicted molar refractivity (Wildman–Crippen MR) is 110 cm³/mol. The third-order valence-corrected chi connectivity index (χ3v) is 4.82. The lowest BCUT2D eigenvalue weighted by Crippen LogP contribution is -2.50. The first-order valence-electron chi connectivity index (χ1n) is 9.13. The van der Waals surface area contributed by atoms with Crippen molar-refractivity contribution in [1.82, 2.24) is 20.4 Å². The van der Waals surface area contributed by atoms with Crippen LogP contribution < -0.4 is 10.6 Å². The number of halogens is 1. The minimum atomic E-state index is -0.574. The zero-order valence-electron chi connectivity index (χ0n) is 16.3. The highest BCUT2D eigenvalue weighted by molar-refractivity contribution is 9.10. The standard InChI is InChI=1S/C20H27BrN4O2/c1-13(2)18(23-19(26)16-6-8-17(21)9-7-16)20(27)22-10-5-11-25-15(4)12-14(3)24-25/h6-9,12-13,18H,5,10-11H2,1-4H3,(H,22,27)(H,23,26)/t18-/m1/s1. The van der Waals surface area contributed by atoms with E-state index in [1.807, 2.05) is 38.4 Å². The van der Waals surface area contributed by atoms with Crippen molar-refractivity contribution in [1.29, 1.82) is 0 Å². The molecule has 7 heteroatoms. The lowest BCUT2D eigenvalue weighted by atomic mass is 10.0. The molecule has 2 aromatic rings. The summed E-state index contributed by atoms with van der Waals surface area (Å²) in [6, 6.07) is 8.52. The van der Waals surface area contributed by atoms with Crippen molar-refractivity contribution in [2.24, 2.45) is 5.92 Å². The molecule has 0 fully saturated rings. The van der Waals surface area contributed by atoms with Crippen molar-refractivity contribution in [3.63, 3.8) is 0 Å². The Hall–Kier alpha value is -2.15. The normalized spacial score (nSPS) is 12.1. The van der Waals surface area contributed by atoms with Crippen LogP contribution in [0, 0.1) is 19.8 Å². The number of aryl methyl sites for hydroxylation is 3. The Morgan fingerprint density at radius 1 is 1.19 bits per heavy atom. The molecule has 1 aromatic carbocycles. The minimum absolute atomic E-state index is 0.0135. The van der Waals surface area contributed by atoms with E-state index in [2.05, 4.69) is 31.7 Å². The van der Waals surface area contributed by atoms with Crippen LogP contribution >= 0.6 is 15.9 Å². The maximum absolute atomic E-state index is 12.5. The van der Waals surface area contributed by atoms with Crippen LogP contribution in [-0.2, 0) is 11.3 Å². The van der Waals surface area contributed by atoms with Gasteiger partial charge in [-0.25, -0.2) is 0 Å². The van der Waals surface area contributed by atoms with E-state index in [1.165, 1.54) is 0 Å². The monoisotopic (exact) mass is 434 g/mol. The Labute approximate surface area is 168 Å². The van der Waals surface area contributed by atoms with Gasteiger partial charge in [-0.05, 0) is 56.5 Å². The van der Waals surface area contributed by atoms with Crippen LogP contribution in [0.5, 0.6) is 0 Å². The minimum Gasteiger partial charge on any atom is -0.354 e. The smallest absolute Gasteiger partial charge is 0.251 e. The van der Waals surface area contributed by atoms with Crippen molar-refractivity contribution < 1.29 is 9.59 Å². The number of aromatic nitrogens is 2. The number of nitrogens with zero attached hydrogens (tertiary/aromatic N) is 2. The van der Waals surface area contributed by atoms with Gasteiger partial charge in [-0.1, -0.05) is 29.8 Å². The Bertz CT molecular complexity index is 784. The van der Waals surface area contributed by atoms with E-state index in [4.69, 9.17) is 0 Å². The number of carbonyl (C=O) groups is 2. The van der Waals surface area contributed by atoms with Gasteiger partial charge in [0.2, 0.25) is 5.91 Å². The van der Waals surface area contributed by atoms with Crippen LogP contribution in [0.15, 0.2) is 34.8 Å². The molecule has 1 atom stereocenters. The molecule has 0 spiro atoms. The van der Waals surface area contributed by atoms with E-state index in [1.54, 1.807) is 24.3 Å². The van der Waals surface area contributed by atoms with Gasteiger partial charge in [0.1, 0.15) is 6.04 Å². The van der Waals surface area contributed by atoms with Crippen LogP contribution in [0.3, 0.4) is 0 Å². The van der Waals surface area contributed by atoms with Crippen molar-refractivity contribution in [3.8, 4) is 0 Å². The van der Waals surface area contributed by atoms with E-state index >= 15 is 0 Å². The molecule has 0 aliphatic carbocycles. The topological polar surface area (TPSA) is 76.0 Å². The average molecular weight is 435 g/mol. The summed E-state index contributed by atoms with van der Waals surface area (Å²) in [5.74, 6) is -0.428. The molecular weight excluding hydrogens is 408 g/mol. The maximum Gasteiger partial charge on any atom is 0.251 e. The second-order valence-corrected chi connectivity index (χ2v) is 7.91. The number of amides is 2. The van der Waals surface area contributed by atoms with Crippen molar-refractivity contribution in [2.45, 2.75) is 46.7 Å². The molecular formula is C20H27BrN4O2. The Morgan fingerprint density at radius 2 is 1.85 bits per heavy atom. The van der Waals surface area contributed by atoms with Crippen LogP contribution in [0.1, 0.15) is 42.0 Å². The lowest BCUT2D eigenvalue weighted by Gasteiger charge is -2.22. The summed E-state index contributed by atoms with van der Waals surface area (Å²) >= 11 is 3.35. The Morgan fingerprint density at radius 3 is 2.41 bits per heavy atom. The van der Waals surface area contributed by atoms with E-state index < -0.39 is 6.04 Å². The number of benzene rings is 1. The summed E-state index contributed by atoms with van der Waals surface area (Å²) < 4.78 is 2.84. The zero-order chi connectivity index (χ0) is 20.0. The van der Waals surface area contributed by atoms with Gasteiger partial charge in [0.05, 0.1) is 5.69 Å². The SMILES string of the molecule is Cc1cc(C)n(CCCNC(=O)[C@H](NC(=O)c2ccc(Br)cc2)C(C)C)n1. The lowest BCUT2D eigenvalue weighted by molar-refractivity contribution is -0.123. The number of hydrogen-bond acceptors (Lipinski definition) is 3. The fourth-order valence-corrected chi connectivity index (χ4v) is 3.08. The zero-order valence-corrected chi connectivity index (χ0v) is 17.8. The Kier molecular flexibility index (Phi) is 7.59. The molecule has 0 aliphatic rings. The summed E-state index contributed by atoms with van der Waals surface area (Å²) in [7, 11) is 0. The molecule has 1 aromatic heterocycles. The van der Waals surface area contributed by atoms with Crippen LogP contribution in [0.4, 0.5) is 0 Å². The van der Waals surface area contributed by atoms with E-state index in [-0.39, 0.29) is 17.7 Å². The highest BCUT2D eigenvalue weighted by Crippen LogP contribution is 2.11. The van der Waals surface area contributed by atoms with Gasteiger partial charge >= 0.3 is 0 Å². The molecule has 1 heterocycles. The molecule has 0 unspecified atom stereocenters. The molecule has 0 saturated carbocycles. The van der Waals surface area contributed by atoms with Gasteiger partial charge in [0.15, 0.2) is 0 Å². The first-order chi connectivity index (χ1) is 12.8. The first kappa shape index (κ1) is 21.2. The third kappa shape index (κ3) is 6.20. The number of nitrogens with one attached hydrogen (secondary N) is 2. The van der Waals surface area contributed by atoms with Crippen molar-refractivity contribution >= 4 is 27.7 Å². The van der Waals surface area contributed by atoms with Gasteiger partial charge < -0.3 is 10.6 Å². The second-order valence-electron chi connectivity index (χ2n) is 7.00. The average Bonchev–Trinajstić information content (AvgIpc) is 2.93. The summed E-state index contributed by atoms with van der Waals surface area (Å²) in [4.78, 5) is 24.9. The van der Waals surface area contributed by atoms with E-state index in [0.717, 1.165) is 28.8 Å². The quantitative estimate of drug-likeness (QED) is 0.626. The van der Waals surface area contributed by atoms with Gasteiger partial charge in [-0.3, -0.25) is 14.3 Å². The molecule has 2 N–H and O–H groups in total. The fraction of sp³-hybridized carbons (Fsp3) is 0.450. The van der Waals surface area contributed by atoms with E-state index in [0.29, 0.717) is 12.1 Å². The van der Waals surface area contributed by atoms with Gasteiger partial charge in [-0.15, -0.1) is 0 Å². The van der Waals surface area contributed by atoms with Crippen molar-refractivity contribution in [2.75, 3.05) is 6.54 Å². The summed E-state index contributed by atoms with van der Waals surface area (Å²) in [5.41, 5.74) is 2.63. The molecule has 0 aliphatic heterocycles. The molecule has 6 nitrogen and oxygen atoms in total. The molecule has 0 saturated heterocycles. The number of hydrogen-bond donors (Lipinski definition) is 2. The Balaban J connectivity index is 1.85. The van der Waals surface area contributed by atoms with E-state index in [9.17, 15) is 9.59 Å². The molecule has 2 rings (SSSR count). The van der Waals surface area contributed by atoms with Crippen molar-refractivity contribution in [3.05, 3.63) is 51.8 Å². The molecule has 0 bridgehead atoms. The van der Waals surface area contributed by atoms with Gasteiger partial charge in [-0.2, -0.15) is 5.10 Å². The van der Waals surface area contributed by atoms with Gasteiger partial charge in [0.25, 0.3) is 5.91 Å². The first-order valence-corrected chi connectivity index (χ1v) is 9.92. The molecule has 146 valence electrons. The highest BCUT2D eigenvalue weighted by Gasteiger charge is 2.24. The number of rotatable bonds is 8. The third-order valence-electron chi connectivity index (χ3n) is 4.29. The molecule has 27 heavy (non-hydrogen) atoms.